The highest BCUT2D eigenvalue weighted by Crippen LogP contribution is 2.17. The van der Waals surface area contributed by atoms with E-state index in [1.807, 2.05) is 0 Å². The second kappa shape index (κ2) is 13.6. The Kier molecular flexibility index (Phi) is 12.3. The number of carbonyl (C=O) groups is 3. The van der Waals surface area contributed by atoms with E-state index in [4.69, 9.17) is 4.74 Å². The van der Waals surface area contributed by atoms with E-state index in [1.165, 1.54) is 24.5 Å². The first-order chi connectivity index (χ1) is 12.3. The summed E-state index contributed by atoms with van der Waals surface area (Å²) in [6.07, 6.45) is 8.05. The summed E-state index contributed by atoms with van der Waals surface area (Å²) in [6, 6.07) is 0. The van der Waals surface area contributed by atoms with Crippen LogP contribution in [0.3, 0.4) is 0 Å². The van der Waals surface area contributed by atoms with Gasteiger partial charge in [0.15, 0.2) is 0 Å². The Balaban J connectivity index is 0.000000485. The second-order valence-electron chi connectivity index (χ2n) is 5.75. The summed E-state index contributed by atoms with van der Waals surface area (Å²) >= 11 is 0. The minimum atomic E-state index is -0.489. The van der Waals surface area contributed by atoms with Crippen molar-refractivity contribution < 1.29 is 28.6 Å². The predicted octanol–water partition coefficient (Wildman–Crippen LogP) is 3.44. The molecule has 0 aromatic carbocycles. The van der Waals surface area contributed by atoms with Crippen molar-refractivity contribution in [2.45, 2.75) is 39.5 Å². The van der Waals surface area contributed by atoms with Gasteiger partial charge in [-0.05, 0) is 45.1 Å². The number of carbonyl (C=O) groups excluding carboxylic acids is 3. The van der Waals surface area contributed by atoms with Crippen molar-refractivity contribution in [1.82, 2.24) is 0 Å². The average molecular weight is 364 g/mol. The first kappa shape index (κ1) is 23.4. The number of esters is 3. The molecule has 0 bridgehead atoms. The van der Waals surface area contributed by atoms with Crippen LogP contribution in [-0.2, 0) is 28.6 Å². The van der Waals surface area contributed by atoms with Crippen molar-refractivity contribution >= 4 is 17.9 Å². The lowest BCUT2D eigenvalue weighted by atomic mass is 10.0. The molecule has 1 aliphatic rings. The van der Waals surface area contributed by atoms with Crippen LogP contribution in [-0.4, -0.2) is 37.7 Å². The molecule has 0 heterocycles. The zero-order chi connectivity index (χ0) is 19.9. The maximum absolute atomic E-state index is 10.8. The lowest BCUT2D eigenvalue weighted by molar-refractivity contribution is -0.147. The molecule has 0 spiro atoms. The first-order valence-corrected chi connectivity index (χ1v) is 8.40. The van der Waals surface area contributed by atoms with Crippen LogP contribution < -0.4 is 0 Å². The topological polar surface area (TPSA) is 78.9 Å². The lowest BCUT2D eigenvalue weighted by Gasteiger charge is -2.11. The van der Waals surface area contributed by atoms with Crippen molar-refractivity contribution in [2.75, 3.05) is 19.8 Å². The molecule has 0 saturated carbocycles. The fraction of sp³-hybridized carbons (Fsp3) is 0.450. The summed E-state index contributed by atoms with van der Waals surface area (Å²) in [7, 11) is 0. The molecular weight excluding hydrogens is 336 g/mol. The van der Waals surface area contributed by atoms with Crippen molar-refractivity contribution in [2.24, 2.45) is 0 Å². The molecule has 0 atom stereocenters. The summed E-state index contributed by atoms with van der Waals surface area (Å²) in [5, 5.41) is 0. The third-order valence-electron chi connectivity index (χ3n) is 3.20. The third kappa shape index (κ3) is 11.8. The van der Waals surface area contributed by atoms with Crippen LogP contribution in [0.4, 0.5) is 0 Å². The molecule has 6 nitrogen and oxygen atoms in total. The summed E-state index contributed by atoms with van der Waals surface area (Å²) < 4.78 is 14.3. The van der Waals surface area contributed by atoms with Gasteiger partial charge in [0.1, 0.15) is 19.8 Å². The molecule has 0 fully saturated rings. The van der Waals surface area contributed by atoms with Gasteiger partial charge in [-0.25, -0.2) is 14.4 Å². The first-order valence-electron chi connectivity index (χ1n) is 8.40. The van der Waals surface area contributed by atoms with Gasteiger partial charge in [0.2, 0.25) is 0 Å². The van der Waals surface area contributed by atoms with Gasteiger partial charge in [0.25, 0.3) is 0 Å². The standard InChI is InChI=1S/C10H14O4.C10H14O2/c1-7(2)9(11)13-5-6-14-10(12)8(3)4;1-2-10(11)12-8-9-6-4-3-5-7-9/h1,3,5-6H2,2,4H3;2,6H,1,3-5,7-8H2. The van der Waals surface area contributed by atoms with Gasteiger partial charge in [-0.15, -0.1) is 0 Å². The summed E-state index contributed by atoms with van der Waals surface area (Å²) in [5.74, 6) is -1.31. The minimum Gasteiger partial charge on any atom is -0.459 e. The Morgan fingerprint density at radius 2 is 1.54 bits per heavy atom. The van der Waals surface area contributed by atoms with Gasteiger partial charge in [0, 0.05) is 17.2 Å². The largest absolute Gasteiger partial charge is 0.459 e. The zero-order valence-corrected chi connectivity index (χ0v) is 15.7. The average Bonchev–Trinajstić information content (AvgIpc) is 2.63. The molecular formula is C20H28O6. The van der Waals surface area contributed by atoms with Gasteiger partial charge < -0.3 is 14.2 Å². The van der Waals surface area contributed by atoms with Crippen LogP contribution in [0.2, 0.25) is 0 Å². The van der Waals surface area contributed by atoms with Crippen molar-refractivity contribution in [1.29, 1.82) is 0 Å². The molecule has 6 heteroatoms. The predicted molar refractivity (Wildman–Crippen MR) is 99.3 cm³/mol. The van der Waals surface area contributed by atoms with E-state index in [9.17, 15) is 14.4 Å². The molecule has 1 rings (SSSR count). The quantitative estimate of drug-likeness (QED) is 0.216. The molecule has 1 aliphatic carbocycles. The van der Waals surface area contributed by atoms with E-state index in [-0.39, 0.29) is 19.2 Å². The molecule has 0 N–H and O–H groups in total. The molecule has 0 radical (unpaired) electrons. The van der Waals surface area contributed by atoms with Gasteiger partial charge in [-0.3, -0.25) is 0 Å². The molecule has 0 aliphatic heterocycles. The molecule has 144 valence electrons. The summed E-state index contributed by atoms with van der Waals surface area (Å²) in [5.41, 5.74) is 1.88. The number of ether oxygens (including phenoxy) is 3. The molecule has 0 saturated heterocycles. The molecule has 0 aromatic rings. The number of hydrogen-bond donors (Lipinski definition) is 0. The summed E-state index contributed by atoms with van der Waals surface area (Å²) in [4.78, 5) is 32.4. The van der Waals surface area contributed by atoms with Gasteiger partial charge in [-0.2, -0.15) is 0 Å². The monoisotopic (exact) mass is 364 g/mol. The number of rotatable bonds is 8. The third-order valence-corrected chi connectivity index (χ3v) is 3.20. The van der Waals surface area contributed by atoms with E-state index in [0.717, 1.165) is 12.8 Å². The van der Waals surface area contributed by atoms with Crippen LogP contribution >= 0.6 is 0 Å². The van der Waals surface area contributed by atoms with Crippen LogP contribution in [0, 0.1) is 0 Å². The Bertz CT molecular complexity index is 543. The highest BCUT2D eigenvalue weighted by Gasteiger charge is 2.06. The van der Waals surface area contributed by atoms with Gasteiger partial charge >= 0.3 is 17.9 Å². The van der Waals surface area contributed by atoms with Gasteiger partial charge in [0.05, 0.1) is 0 Å². The van der Waals surface area contributed by atoms with Crippen LogP contribution in [0.25, 0.3) is 0 Å². The van der Waals surface area contributed by atoms with Gasteiger partial charge in [-0.1, -0.05) is 25.8 Å². The lowest BCUT2D eigenvalue weighted by Crippen LogP contribution is -2.14. The van der Waals surface area contributed by atoms with Crippen LogP contribution in [0.15, 0.2) is 48.6 Å². The minimum absolute atomic E-state index is 0.0325. The van der Waals surface area contributed by atoms with E-state index in [0.29, 0.717) is 17.8 Å². The number of allylic oxidation sites excluding steroid dienone is 1. The van der Waals surface area contributed by atoms with Crippen LogP contribution in [0.5, 0.6) is 0 Å². The van der Waals surface area contributed by atoms with E-state index in [1.54, 1.807) is 13.8 Å². The SMILES string of the molecule is C=C(C)C(=O)OCCOC(=O)C(=C)C.C=CC(=O)OCC1=CCCCC1. The Morgan fingerprint density at radius 1 is 1.00 bits per heavy atom. The van der Waals surface area contributed by atoms with Crippen LogP contribution in [0.1, 0.15) is 39.5 Å². The molecule has 0 unspecified atom stereocenters. The van der Waals surface area contributed by atoms with E-state index >= 15 is 0 Å². The maximum atomic E-state index is 10.8. The second-order valence-corrected chi connectivity index (χ2v) is 5.75. The Labute approximate surface area is 155 Å². The fourth-order valence-electron chi connectivity index (χ4n) is 1.77. The maximum Gasteiger partial charge on any atom is 0.333 e. The molecule has 0 amide bonds. The van der Waals surface area contributed by atoms with E-state index < -0.39 is 11.9 Å². The van der Waals surface area contributed by atoms with E-state index in [2.05, 4.69) is 35.3 Å². The highest BCUT2D eigenvalue weighted by molar-refractivity contribution is 5.87. The zero-order valence-electron chi connectivity index (χ0n) is 15.7. The van der Waals surface area contributed by atoms with Crippen molar-refractivity contribution in [3.05, 3.63) is 48.6 Å². The number of hydrogen-bond acceptors (Lipinski definition) is 6. The molecule has 0 aromatic heterocycles. The Hall–Kier alpha value is -2.63. The summed E-state index contributed by atoms with van der Waals surface area (Å²) in [6.45, 7) is 13.7. The Morgan fingerprint density at radius 3 is 1.92 bits per heavy atom. The van der Waals surface area contributed by atoms with Crippen molar-refractivity contribution in [3.63, 3.8) is 0 Å². The normalized spacial score (nSPS) is 12.5. The smallest absolute Gasteiger partial charge is 0.333 e. The highest BCUT2D eigenvalue weighted by atomic mass is 16.6. The fourth-order valence-corrected chi connectivity index (χ4v) is 1.77. The van der Waals surface area contributed by atoms with Crippen molar-refractivity contribution in [3.8, 4) is 0 Å². The molecule has 26 heavy (non-hydrogen) atoms.